The fraction of sp³-hybridized carbons (Fsp3) is 0.143. The maximum atomic E-state index is 10.5. The summed E-state index contributed by atoms with van der Waals surface area (Å²) in [7, 11) is -2.68. The van der Waals surface area contributed by atoms with Crippen LogP contribution in [0.25, 0.3) is 0 Å². The van der Waals surface area contributed by atoms with Crippen molar-refractivity contribution in [3.05, 3.63) is 33.9 Å². The molecule has 0 saturated heterocycles. The summed E-state index contributed by atoms with van der Waals surface area (Å²) in [5, 5.41) is 10.5. The lowest BCUT2D eigenvalue weighted by atomic mass is 10.2. The molecule has 0 heterocycles. The normalized spacial score (nSPS) is 9.50. The Kier molecular flexibility index (Phi) is 2.92. The molecule has 0 saturated carbocycles. The van der Waals surface area contributed by atoms with Crippen LogP contribution in [-0.2, 0) is 10.5 Å². The third-order valence-corrected chi connectivity index (χ3v) is 1.85. The maximum absolute atomic E-state index is 10.5. The smallest absolute Gasteiger partial charge is 0.258 e. The van der Waals surface area contributed by atoms with E-state index in [9.17, 15) is 18.5 Å². The van der Waals surface area contributed by atoms with Gasteiger partial charge in [0.2, 0.25) is 0 Å². The highest BCUT2D eigenvalue weighted by Gasteiger charge is 2.13. The van der Waals surface area contributed by atoms with Gasteiger partial charge < -0.3 is 0 Å². The molecule has 0 amide bonds. The molecule has 0 atom stereocenters. The third kappa shape index (κ3) is 2.36. The first-order chi connectivity index (χ1) is 6.50. The van der Waals surface area contributed by atoms with E-state index in [1.807, 2.05) is 0 Å². The summed E-state index contributed by atoms with van der Waals surface area (Å²) >= 11 is 0. The van der Waals surface area contributed by atoms with Gasteiger partial charge in [0.1, 0.15) is 0 Å². The molecule has 0 spiro atoms. The summed E-state index contributed by atoms with van der Waals surface area (Å²) in [4.78, 5) is 9.83. The van der Waals surface area contributed by atoms with Crippen LogP contribution < -0.4 is 0 Å². The van der Waals surface area contributed by atoms with E-state index in [1.54, 1.807) is 13.0 Å². The fourth-order valence-corrected chi connectivity index (χ4v) is 1.25. The Bertz CT molecular complexity index is 498. The summed E-state index contributed by atoms with van der Waals surface area (Å²) in [5.41, 5.74) is 0.204. The quantitative estimate of drug-likeness (QED) is 0.552. The first-order valence-electron chi connectivity index (χ1n) is 3.57. The minimum absolute atomic E-state index is 0.158. The number of benzene rings is 1. The first kappa shape index (κ1) is 10.3. The summed E-state index contributed by atoms with van der Waals surface area (Å²) in [6.45, 7) is 1.67. The van der Waals surface area contributed by atoms with Gasteiger partial charge in [0.05, 0.1) is 4.92 Å². The van der Waals surface area contributed by atoms with E-state index in [0.29, 0.717) is 5.56 Å². The minimum Gasteiger partial charge on any atom is -0.258 e. The van der Waals surface area contributed by atoms with E-state index in [2.05, 4.69) is 4.36 Å². The lowest BCUT2D eigenvalue weighted by Crippen LogP contribution is -1.88. The molecule has 7 heteroatoms. The van der Waals surface area contributed by atoms with E-state index in [0.717, 1.165) is 0 Å². The van der Waals surface area contributed by atoms with Gasteiger partial charge in [0, 0.05) is 6.07 Å². The van der Waals surface area contributed by atoms with Crippen LogP contribution in [0.2, 0.25) is 0 Å². The van der Waals surface area contributed by atoms with Crippen LogP contribution in [0.15, 0.2) is 22.6 Å². The molecule has 0 radical (unpaired) electrons. The molecule has 1 rings (SSSR count). The topological polar surface area (TPSA) is 89.6 Å². The monoisotopic (exact) mass is 214 g/mol. The highest BCUT2D eigenvalue weighted by Crippen LogP contribution is 2.27. The van der Waals surface area contributed by atoms with E-state index in [4.69, 9.17) is 0 Å². The lowest BCUT2D eigenvalue weighted by molar-refractivity contribution is -0.384. The van der Waals surface area contributed by atoms with Gasteiger partial charge in [-0.05, 0) is 18.6 Å². The zero-order valence-corrected chi connectivity index (χ0v) is 7.98. The second-order valence-electron chi connectivity index (χ2n) is 2.56. The van der Waals surface area contributed by atoms with Crippen molar-refractivity contribution in [3.8, 4) is 0 Å². The third-order valence-electron chi connectivity index (χ3n) is 1.50. The zero-order valence-electron chi connectivity index (χ0n) is 7.17. The number of hydrogen-bond acceptors (Lipinski definition) is 5. The average Bonchev–Trinajstić information content (AvgIpc) is 2.07. The minimum atomic E-state index is -2.68. The number of rotatable bonds is 2. The molecule has 0 aliphatic carbocycles. The SMILES string of the molecule is Cc1ccc(N=S(=O)=O)c([N+](=O)[O-])c1. The van der Waals surface area contributed by atoms with Gasteiger partial charge in [-0.1, -0.05) is 6.07 Å². The standard InChI is InChI=1S/C7H6N2O4S/c1-5-2-3-6(8-14(12)13)7(4-5)9(10)11/h2-4H,1H3. The predicted molar refractivity (Wildman–Crippen MR) is 48.8 cm³/mol. The molecule has 0 N–H and O–H groups in total. The van der Waals surface area contributed by atoms with Crippen molar-refractivity contribution < 1.29 is 13.3 Å². The van der Waals surface area contributed by atoms with Crippen LogP contribution in [0, 0.1) is 17.0 Å². The van der Waals surface area contributed by atoms with Crippen LogP contribution in [0.4, 0.5) is 11.4 Å². The molecule has 0 aliphatic rings. The summed E-state index contributed by atoms with van der Waals surface area (Å²) in [6.07, 6.45) is 0. The van der Waals surface area contributed by atoms with Crippen LogP contribution >= 0.6 is 0 Å². The number of nitro groups is 1. The van der Waals surface area contributed by atoms with Crippen molar-refractivity contribution in [1.82, 2.24) is 0 Å². The molecule has 0 aliphatic heterocycles. The highest BCUT2D eigenvalue weighted by molar-refractivity contribution is 7.61. The molecular weight excluding hydrogens is 208 g/mol. The van der Waals surface area contributed by atoms with Crippen LogP contribution in [0.5, 0.6) is 0 Å². The molecular formula is C7H6N2O4S. The van der Waals surface area contributed by atoms with Gasteiger partial charge >= 0.3 is 10.5 Å². The van der Waals surface area contributed by atoms with Gasteiger partial charge in [-0.2, -0.15) is 8.42 Å². The van der Waals surface area contributed by atoms with Crippen molar-refractivity contribution >= 4 is 21.9 Å². The van der Waals surface area contributed by atoms with Crippen molar-refractivity contribution in [2.45, 2.75) is 6.92 Å². The molecule has 1 aromatic rings. The Morgan fingerprint density at radius 2 is 2.07 bits per heavy atom. The maximum Gasteiger partial charge on any atom is 0.316 e. The Labute approximate surface area is 81.0 Å². The Morgan fingerprint density at radius 1 is 1.43 bits per heavy atom. The van der Waals surface area contributed by atoms with Crippen molar-refractivity contribution in [2.24, 2.45) is 4.36 Å². The summed E-state index contributed by atoms with van der Waals surface area (Å²) in [6, 6.07) is 4.12. The summed E-state index contributed by atoms with van der Waals surface area (Å²) < 4.78 is 23.6. The molecule has 0 fully saturated rings. The number of hydrogen-bond donors (Lipinski definition) is 0. The Morgan fingerprint density at radius 3 is 2.57 bits per heavy atom. The zero-order chi connectivity index (χ0) is 10.7. The predicted octanol–water partition coefficient (Wildman–Crippen LogP) is 1.60. The van der Waals surface area contributed by atoms with Gasteiger partial charge in [0.15, 0.2) is 5.69 Å². The van der Waals surface area contributed by atoms with E-state index < -0.39 is 15.4 Å². The van der Waals surface area contributed by atoms with Crippen molar-refractivity contribution in [1.29, 1.82) is 0 Å². The second-order valence-corrected chi connectivity index (χ2v) is 3.17. The van der Waals surface area contributed by atoms with Crippen LogP contribution in [0.1, 0.15) is 5.56 Å². The number of aryl methyl sites for hydroxylation is 1. The van der Waals surface area contributed by atoms with Crippen LogP contribution in [0.3, 0.4) is 0 Å². The van der Waals surface area contributed by atoms with E-state index >= 15 is 0 Å². The van der Waals surface area contributed by atoms with E-state index in [-0.39, 0.29) is 11.4 Å². The van der Waals surface area contributed by atoms with Gasteiger partial charge in [0.25, 0.3) is 5.69 Å². The van der Waals surface area contributed by atoms with Gasteiger partial charge in [-0.15, -0.1) is 4.36 Å². The van der Waals surface area contributed by atoms with E-state index in [1.165, 1.54) is 12.1 Å². The molecule has 6 nitrogen and oxygen atoms in total. The molecule has 74 valence electrons. The van der Waals surface area contributed by atoms with Crippen molar-refractivity contribution in [3.63, 3.8) is 0 Å². The van der Waals surface area contributed by atoms with Gasteiger partial charge in [-0.25, -0.2) is 0 Å². The Hall–Kier alpha value is -1.76. The second kappa shape index (κ2) is 3.97. The molecule has 14 heavy (non-hydrogen) atoms. The lowest BCUT2D eigenvalue weighted by Gasteiger charge is -1.95. The molecule has 0 aromatic heterocycles. The fourth-order valence-electron chi connectivity index (χ4n) is 0.937. The molecule has 0 bridgehead atoms. The molecule has 1 aromatic carbocycles. The van der Waals surface area contributed by atoms with Crippen LogP contribution in [-0.4, -0.2) is 13.3 Å². The van der Waals surface area contributed by atoms with Crippen molar-refractivity contribution in [2.75, 3.05) is 0 Å². The molecule has 0 unspecified atom stereocenters. The highest BCUT2D eigenvalue weighted by atomic mass is 32.2. The largest absolute Gasteiger partial charge is 0.316 e. The Balaban J connectivity index is 3.44. The average molecular weight is 214 g/mol. The number of nitrogens with zero attached hydrogens (tertiary/aromatic N) is 2. The van der Waals surface area contributed by atoms with Gasteiger partial charge in [-0.3, -0.25) is 10.1 Å². The summed E-state index contributed by atoms with van der Waals surface area (Å²) in [5.74, 6) is 0. The first-order valence-corrected chi connectivity index (χ1v) is 4.60. The number of nitro benzene ring substituents is 1.